The van der Waals surface area contributed by atoms with E-state index in [0.717, 1.165) is 42.8 Å². The van der Waals surface area contributed by atoms with Crippen molar-refractivity contribution in [2.45, 2.75) is 25.3 Å². The number of hydrogen-bond donors (Lipinski definition) is 2. The second-order valence-corrected chi connectivity index (χ2v) is 4.95. The largest absolute Gasteiger partial charge is 0.372 e. The average Bonchev–Trinajstić information content (AvgIpc) is 2.87. The van der Waals surface area contributed by atoms with E-state index in [1.807, 2.05) is 12.3 Å². The van der Waals surface area contributed by atoms with Crippen LogP contribution in [-0.4, -0.2) is 24.2 Å². The highest BCUT2D eigenvalue weighted by atomic mass is 19.1. The van der Waals surface area contributed by atoms with Crippen molar-refractivity contribution in [1.29, 1.82) is 0 Å². The lowest BCUT2D eigenvalue weighted by Gasteiger charge is -2.34. The summed E-state index contributed by atoms with van der Waals surface area (Å²) in [5.41, 5.74) is 8.94. The van der Waals surface area contributed by atoms with Crippen molar-refractivity contribution in [2.75, 3.05) is 13.2 Å². The smallest absolute Gasteiger partial charge is 0.126 e. The maximum atomic E-state index is 13.7. The van der Waals surface area contributed by atoms with Gasteiger partial charge < -0.3 is 16.0 Å². The van der Waals surface area contributed by atoms with E-state index in [1.54, 1.807) is 12.1 Å². The van der Waals surface area contributed by atoms with Gasteiger partial charge in [-0.2, -0.15) is 0 Å². The van der Waals surface area contributed by atoms with E-state index >= 15 is 0 Å². The first-order chi connectivity index (χ1) is 8.79. The molecule has 0 saturated carbocycles. The minimum Gasteiger partial charge on any atom is -0.372 e. The van der Waals surface area contributed by atoms with Gasteiger partial charge in [-0.15, -0.1) is 0 Å². The molecule has 2 aliphatic rings. The van der Waals surface area contributed by atoms with Gasteiger partial charge in [0.1, 0.15) is 5.82 Å². The Balaban J connectivity index is 1.81. The summed E-state index contributed by atoms with van der Waals surface area (Å²) in [5, 5.41) is 3.22. The highest BCUT2D eigenvalue weighted by molar-refractivity contribution is 5.32. The molecule has 96 valence electrons. The van der Waals surface area contributed by atoms with Crippen LogP contribution in [0.3, 0.4) is 0 Å². The molecular formula is C14H18FN3. The second-order valence-electron chi connectivity index (χ2n) is 4.95. The van der Waals surface area contributed by atoms with Gasteiger partial charge in [0, 0.05) is 24.5 Å². The summed E-state index contributed by atoms with van der Waals surface area (Å²) in [5.74, 6) is -0.0555. The zero-order valence-electron chi connectivity index (χ0n) is 10.3. The highest BCUT2D eigenvalue weighted by Gasteiger charge is 2.28. The van der Waals surface area contributed by atoms with Gasteiger partial charge in [0.15, 0.2) is 0 Å². The normalized spacial score (nSPS) is 22.4. The predicted molar refractivity (Wildman–Crippen MR) is 69.2 cm³/mol. The molecule has 3 N–H and O–H groups in total. The molecule has 3 rings (SSSR count). The summed E-state index contributed by atoms with van der Waals surface area (Å²) >= 11 is 0. The summed E-state index contributed by atoms with van der Waals surface area (Å²) in [6, 6.07) is 5.84. The van der Waals surface area contributed by atoms with Gasteiger partial charge in [-0.25, -0.2) is 4.39 Å². The molecule has 1 aromatic carbocycles. The fraction of sp³-hybridized carbons (Fsp3) is 0.429. The Morgan fingerprint density at radius 1 is 1.44 bits per heavy atom. The highest BCUT2D eigenvalue weighted by Crippen LogP contribution is 2.28. The molecule has 0 aromatic heterocycles. The van der Waals surface area contributed by atoms with Crippen LogP contribution in [-0.2, 0) is 12.8 Å². The van der Waals surface area contributed by atoms with Crippen molar-refractivity contribution in [1.82, 2.24) is 10.2 Å². The fourth-order valence-electron chi connectivity index (χ4n) is 2.99. The van der Waals surface area contributed by atoms with Gasteiger partial charge >= 0.3 is 0 Å². The van der Waals surface area contributed by atoms with Crippen molar-refractivity contribution in [3.8, 4) is 0 Å². The van der Waals surface area contributed by atoms with Crippen molar-refractivity contribution in [3.05, 3.63) is 47.0 Å². The van der Waals surface area contributed by atoms with Crippen LogP contribution in [0.2, 0.25) is 0 Å². The SMILES string of the molecule is NCC1=CNCN1[C@H]1CCc2c(F)cccc2C1. The lowest BCUT2D eigenvalue weighted by Crippen LogP contribution is -2.40. The van der Waals surface area contributed by atoms with E-state index in [1.165, 1.54) is 0 Å². The first-order valence-corrected chi connectivity index (χ1v) is 6.45. The Morgan fingerprint density at radius 2 is 2.33 bits per heavy atom. The van der Waals surface area contributed by atoms with Crippen LogP contribution < -0.4 is 11.1 Å². The summed E-state index contributed by atoms with van der Waals surface area (Å²) < 4.78 is 13.7. The van der Waals surface area contributed by atoms with E-state index in [2.05, 4.69) is 10.2 Å². The Labute approximate surface area is 106 Å². The van der Waals surface area contributed by atoms with E-state index in [-0.39, 0.29) is 5.82 Å². The Morgan fingerprint density at radius 3 is 3.17 bits per heavy atom. The zero-order valence-corrected chi connectivity index (χ0v) is 10.3. The van der Waals surface area contributed by atoms with Crippen molar-refractivity contribution < 1.29 is 4.39 Å². The number of rotatable bonds is 2. The maximum Gasteiger partial charge on any atom is 0.126 e. The molecule has 0 saturated heterocycles. The van der Waals surface area contributed by atoms with Gasteiger partial charge in [0.25, 0.3) is 0 Å². The molecule has 1 atom stereocenters. The number of nitrogens with one attached hydrogen (secondary N) is 1. The van der Waals surface area contributed by atoms with Crippen LogP contribution in [0.25, 0.3) is 0 Å². The first kappa shape index (κ1) is 11.5. The monoisotopic (exact) mass is 247 g/mol. The Bertz CT molecular complexity index is 484. The summed E-state index contributed by atoms with van der Waals surface area (Å²) in [7, 11) is 0. The van der Waals surface area contributed by atoms with Gasteiger partial charge in [-0.05, 0) is 36.5 Å². The molecule has 1 aliphatic carbocycles. The standard InChI is InChI=1S/C14H18FN3/c15-14-3-1-2-10-6-11(4-5-13(10)14)18-9-17-8-12(18)7-16/h1-3,8,11,17H,4-7,9,16H2/t11-/m0/s1. The van der Waals surface area contributed by atoms with Gasteiger partial charge in [-0.1, -0.05) is 12.1 Å². The summed E-state index contributed by atoms with van der Waals surface area (Å²) in [6.45, 7) is 1.38. The number of nitrogens with zero attached hydrogens (tertiary/aromatic N) is 1. The molecule has 4 heteroatoms. The van der Waals surface area contributed by atoms with E-state index < -0.39 is 0 Å². The molecule has 1 aliphatic heterocycles. The maximum absolute atomic E-state index is 13.7. The molecular weight excluding hydrogens is 229 g/mol. The van der Waals surface area contributed by atoms with E-state index in [0.29, 0.717) is 12.6 Å². The number of halogens is 1. The topological polar surface area (TPSA) is 41.3 Å². The summed E-state index contributed by atoms with van der Waals surface area (Å²) in [6.07, 6.45) is 4.71. The molecule has 0 radical (unpaired) electrons. The van der Waals surface area contributed by atoms with Crippen molar-refractivity contribution >= 4 is 0 Å². The van der Waals surface area contributed by atoms with Gasteiger partial charge in [0.2, 0.25) is 0 Å². The van der Waals surface area contributed by atoms with Crippen LogP contribution in [0.5, 0.6) is 0 Å². The molecule has 1 aromatic rings. The number of nitrogens with two attached hydrogens (primary N) is 1. The fourth-order valence-corrected chi connectivity index (χ4v) is 2.99. The molecule has 0 amide bonds. The summed E-state index contributed by atoms with van der Waals surface area (Å²) in [4.78, 5) is 2.31. The van der Waals surface area contributed by atoms with Crippen LogP contribution in [0.1, 0.15) is 17.5 Å². The molecule has 1 heterocycles. The van der Waals surface area contributed by atoms with Gasteiger partial charge in [0.05, 0.1) is 6.67 Å². The molecule has 0 fully saturated rings. The second kappa shape index (κ2) is 4.61. The molecule has 3 nitrogen and oxygen atoms in total. The molecule has 0 unspecified atom stereocenters. The van der Waals surface area contributed by atoms with E-state index in [9.17, 15) is 4.39 Å². The molecule has 0 bridgehead atoms. The third-order valence-electron chi connectivity index (χ3n) is 3.95. The molecule has 0 spiro atoms. The van der Waals surface area contributed by atoms with Crippen LogP contribution in [0.4, 0.5) is 4.39 Å². The lowest BCUT2D eigenvalue weighted by molar-refractivity contribution is 0.239. The Kier molecular flexibility index (Phi) is 2.96. The predicted octanol–water partition coefficient (Wildman–Crippen LogP) is 1.35. The molecule has 18 heavy (non-hydrogen) atoms. The number of hydrogen-bond acceptors (Lipinski definition) is 3. The Hall–Kier alpha value is -1.55. The van der Waals surface area contributed by atoms with Gasteiger partial charge in [-0.3, -0.25) is 0 Å². The van der Waals surface area contributed by atoms with E-state index in [4.69, 9.17) is 5.73 Å². The minimum absolute atomic E-state index is 0.0555. The van der Waals surface area contributed by atoms with Crippen molar-refractivity contribution in [2.24, 2.45) is 5.73 Å². The number of fused-ring (bicyclic) bond motifs is 1. The number of benzene rings is 1. The first-order valence-electron chi connectivity index (χ1n) is 6.45. The minimum atomic E-state index is -0.0555. The van der Waals surface area contributed by atoms with Crippen LogP contribution in [0, 0.1) is 5.82 Å². The average molecular weight is 247 g/mol. The third kappa shape index (κ3) is 1.86. The zero-order chi connectivity index (χ0) is 12.5. The lowest BCUT2D eigenvalue weighted by atomic mass is 9.87. The van der Waals surface area contributed by atoms with Crippen molar-refractivity contribution in [3.63, 3.8) is 0 Å². The quantitative estimate of drug-likeness (QED) is 0.829. The van der Waals surface area contributed by atoms with Crippen LogP contribution in [0.15, 0.2) is 30.1 Å². The van der Waals surface area contributed by atoms with Crippen LogP contribution >= 0.6 is 0 Å². The third-order valence-corrected chi connectivity index (χ3v) is 3.95.